The molecule has 0 saturated carbocycles. The average Bonchev–Trinajstić information content (AvgIpc) is 2.65. The van der Waals surface area contributed by atoms with Gasteiger partial charge in [0.1, 0.15) is 5.78 Å². The summed E-state index contributed by atoms with van der Waals surface area (Å²) in [6, 6.07) is -0.0126. The van der Waals surface area contributed by atoms with Crippen molar-refractivity contribution in [1.29, 1.82) is 0 Å². The number of carbonyl (C=O) groups excluding carboxylic acids is 1. The first-order valence-electron chi connectivity index (χ1n) is 5.05. The van der Waals surface area contributed by atoms with E-state index in [1.807, 2.05) is 14.0 Å². The normalized spacial score (nSPS) is 24.6. The lowest BCUT2D eigenvalue weighted by Gasteiger charge is -2.11. The van der Waals surface area contributed by atoms with Gasteiger partial charge < -0.3 is 10.1 Å². The van der Waals surface area contributed by atoms with E-state index in [2.05, 4.69) is 5.32 Å². The second-order valence-corrected chi connectivity index (χ2v) is 3.65. The number of ether oxygens (including phenoxy) is 1. The van der Waals surface area contributed by atoms with Crippen molar-refractivity contribution in [3.63, 3.8) is 0 Å². The molecule has 2 atom stereocenters. The van der Waals surface area contributed by atoms with E-state index in [0.29, 0.717) is 12.5 Å². The van der Waals surface area contributed by atoms with Crippen LogP contribution in [0.2, 0.25) is 0 Å². The third kappa shape index (κ3) is 3.44. The number of carbonyl (C=O) groups is 1. The Hall–Kier alpha value is -0.410. The summed E-state index contributed by atoms with van der Waals surface area (Å²) in [5.74, 6) is 0.290. The number of nitrogens with one attached hydrogen (secondary N) is 1. The molecule has 1 N–H and O–H groups in total. The van der Waals surface area contributed by atoms with Gasteiger partial charge in [-0.25, -0.2) is 0 Å². The van der Waals surface area contributed by atoms with Crippen molar-refractivity contribution in [2.75, 3.05) is 13.7 Å². The minimum atomic E-state index is -0.0126. The van der Waals surface area contributed by atoms with Gasteiger partial charge in [-0.15, -0.1) is 0 Å². The molecule has 0 aromatic heterocycles. The van der Waals surface area contributed by atoms with Crippen molar-refractivity contribution in [2.24, 2.45) is 0 Å². The summed E-state index contributed by atoms with van der Waals surface area (Å²) in [5.41, 5.74) is 0. The fraction of sp³-hybridized carbons (Fsp3) is 0.900. The largest absolute Gasteiger partial charge is 0.378 e. The SMILES string of the molecule is CNC(C)C(=O)CCC1CCCO1. The van der Waals surface area contributed by atoms with Gasteiger partial charge in [0.15, 0.2) is 0 Å². The molecule has 3 heteroatoms. The number of hydrogen-bond acceptors (Lipinski definition) is 3. The second-order valence-electron chi connectivity index (χ2n) is 3.65. The smallest absolute Gasteiger partial charge is 0.149 e. The quantitative estimate of drug-likeness (QED) is 0.697. The third-order valence-corrected chi connectivity index (χ3v) is 2.65. The zero-order valence-electron chi connectivity index (χ0n) is 8.51. The lowest BCUT2D eigenvalue weighted by molar-refractivity contribution is -0.121. The molecule has 1 heterocycles. The van der Waals surface area contributed by atoms with Crippen LogP contribution in [-0.4, -0.2) is 31.6 Å². The minimum Gasteiger partial charge on any atom is -0.378 e. The van der Waals surface area contributed by atoms with Crippen LogP contribution in [0.1, 0.15) is 32.6 Å². The van der Waals surface area contributed by atoms with E-state index >= 15 is 0 Å². The van der Waals surface area contributed by atoms with Crippen LogP contribution < -0.4 is 5.32 Å². The molecule has 0 aromatic carbocycles. The van der Waals surface area contributed by atoms with Crippen LogP contribution in [0.3, 0.4) is 0 Å². The van der Waals surface area contributed by atoms with Crippen LogP contribution in [0.5, 0.6) is 0 Å². The summed E-state index contributed by atoms with van der Waals surface area (Å²) in [7, 11) is 1.81. The topological polar surface area (TPSA) is 38.3 Å². The fourth-order valence-electron chi connectivity index (χ4n) is 1.55. The van der Waals surface area contributed by atoms with Crippen molar-refractivity contribution in [3.05, 3.63) is 0 Å². The highest BCUT2D eigenvalue weighted by Gasteiger charge is 2.18. The minimum absolute atomic E-state index is 0.0126. The predicted molar refractivity (Wildman–Crippen MR) is 51.7 cm³/mol. The maximum atomic E-state index is 11.4. The lowest BCUT2D eigenvalue weighted by Crippen LogP contribution is -2.31. The monoisotopic (exact) mass is 185 g/mol. The first-order chi connectivity index (χ1) is 6.24. The molecular formula is C10H19NO2. The van der Waals surface area contributed by atoms with Crippen molar-refractivity contribution in [2.45, 2.75) is 44.8 Å². The molecule has 0 bridgehead atoms. The van der Waals surface area contributed by atoms with E-state index in [-0.39, 0.29) is 11.8 Å². The number of hydrogen-bond donors (Lipinski definition) is 1. The summed E-state index contributed by atoms with van der Waals surface area (Å²) in [6.07, 6.45) is 4.16. The van der Waals surface area contributed by atoms with Crippen LogP contribution in [0.4, 0.5) is 0 Å². The molecule has 0 aromatic rings. The molecule has 13 heavy (non-hydrogen) atoms. The zero-order valence-corrected chi connectivity index (χ0v) is 8.51. The van der Waals surface area contributed by atoms with Gasteiger partial charge in [0.05, 0.1) is 12.1 Å². The van der Waals surface area contributed by atoms with E-state index in [1.165, 1.54) is 0 Å². The summed E-state index contributed by atoms with van der Waals surface area (Å²) in [4.78, 5) is 11.4. The Bertz CT molecular complexity index is 164. The number of likely N-dealkylation sites (N-methyl/N-ethyl adjacent to an activating group) is 1. The fourth-order valence-corrected chi connectivity index (χ4v) is 1.55. The van der Waals surface area contributed by atoms with Crippen LogP contribution in [0.15, 0.2) is 0 Å². The molecule has 1 aliphatic rings. The predicted octanol–water partition coefficient (Wildman–Crippen LogP) is 1.12. The molecule has 1 fully saturated rings. The standard InChI is InChI=1S/C10H19NO2/c1-8(11-2)10(12)6-5-9-4-3-7-13-9/h8-9,11H,3-7H2,1-2H3. The molecule has 76 valence electrons. The number of Topliss-reactive ketones (excluding diaryl/α,β-unsaturated/α-hetero) is 1. The Morgan fingerprint density at radius 1 is 1.69 bits per heavy atom. The molecule has 3 nitrogen and oxygen atoms in total. The van der Waals surface area contributed by atoms with E-state index in [1.54, 1.807) is 0 Å². The van der Waals surface area contributed by atoms with Gasteiger partial charge in [0.25, 0.3) is 0 Å². The van der Waals surface area contributed by atoms with Crippen LogP contribution in [-0.2, 0) is 9.53 Å². The van der Waals surface area contributed by atoms with Crippen molar-refractivity contribution >= 4 is 5.78 Å². The first-order valence-corrected chi connectivity index (χ1v) is 5.05. The first kappa shape index (κ1) is 10.7. The number of ketones is 1. The Morgan fingerprint density at radius 3 is 3.00 bits per heavy atom. The zero-order chi connectivity index (χ0) is 9.68. The average molecular weight is 185 g/mol. The maximum absolute atomic E-state index is 11.4. The molecule has 0 aliphatic carbocycles. The molecule has 1 rings (SSSR count). The number of rotatable bonds is 5. The Balaban J connectivity index is 2.13. The summed E-state index contributed by atoms with van der Waals surface area (Å²) in [5, 5.41) is 2.95. The summed E-state index contributed by atoms with van der Waals surface area (Å²) in [6.45, 7) is 2.78. The van der Waals surface area contributed by atoms with Crippen molar-refractivity contribution < 1.29 is 9.53 Å². The van der Waals surface area contributed by atoms with Gasteiger partial charge in [-0.2, -0.15) is 0 Å². The molecule has 0 spiro atoms. The second kappa shape index (κ2) is 5.35. The molecule has 0 radical (unpaired) electrons. The highest BCUT2D eigenvalue weighted by atomic mass is 16.5. The highest BCUT2D eigenvalue weighted by Crippen LogP contribution is 2.17. The lowest BCUT2D eigenvalue weighted by atomic mass is 10.1. The van der Waals surface area contributed by atoms with Gasteiger partial charge in [-0.1, -0.05) is 0 Å². The van der Waals surface area contributed by atoms with E-state index < -0.39 is 0 Å². The van der Waals surface area contributed by atoms with Crippen LogP contribution >= 0.6 is 0 Å². The van der Waals surface area contributed by atoms with Gasteiger partial charge in [0.2, 0.25) is 0 Å². The van der Waals surface area contributed by atoms with Gasteiger partial charge in [0, 0.05) is 13.0 Å². The van der Waals surface area contributed by atoms with Crippen LogP contribution in [0.25, 0.3) is 0 Å². The van der Waals surface area contributed by atoms with Gasteiger partial charge >= 0.3 is 0 Å². The van der Waals surface area contributed by atoms with Crippen molar-refractivity contribution in [3.8, 4) is 0 Å². The van der Waals surface area contributed by atoms with Gasteiger partial charge in [-0.05, 0) is 33.2 Å². The summed E-state index contributed by atoms with van der Waals surface area (Å²) >= 11 is 0. The Kier molecular flexibility index (Phi) is 4.39. The third-order valence-electron chi connectivity index (χ3n) is 2.65. The summed E-state index contributed by atoms with van der Waals surface area (Å²) < 4.78 is 5.44. The van der Waals surface area contributed by atoms with E-state index in [0.717, 1.165) is 25.9 Å². The molecule has 1 aliphatic heterocycles. The Morgan fingerprint density at radius 2 is 2.46 bits per heavy atom. The molecule has 2 unspecified atom stereocenters. The highest BCUT2D eigenvalue weighted by molar-refractivity contribution is 5.83. The maximum Gasteiger partial charge on any atom is 0.149 e. The van der Waals surface area contributed by atoms with Gasteiger partial charge in [-0.3, -0.25) is 4.79 Å². The van der Waals surface area contributed by atoms with Crippen LogP contribution in [0, 0.1) is 0 Å². The van der Waals surface area contributed by atoms with E-state index in [9.17, 15) is 4.79 Å². The molecule has 0 amide bonds. The molecule has 1 saturated heterocycles. The van der Waals surface area contributed by atoms with E-state index in [4.69, 9.17) is 4.74 Å². The Labute approximate surface area is 79.8 Å². The van der Waals surface area contributed by atoms with Crippen molar-refractivity contribution in [1.82, 2.24) is 5.32 Å². The molecular weight excluding hydrogens is 166 g/mol.